The number of carbonyl (C=O) groups is 1. The number of nitrogens with zero attached hydrogens (tertiary/aromatic N) is 1. The van der Waals surface area contributed by atoms with E-state index in [1.807, 2.05) is 18.2 Å². The lowest BCUT2D eigenvalue weighted by Gasteiger charge is -2.33. The molecule has 0 spiro atoms. The van der Waals surface area contributed by atoms with Crippen LogP contribution < -0.4 is 5.32 Å². The number of hydrogen-bond acceptors (Lipinski definition) is 2. The molecule has 1 aliphatic heterocycles. The van der Waals surface area contributed by atoms with Gasteiger partial charge in [-0.05, 0) is 73.9 Å². The van der Waals surface area contributed by atoms with Crippen LogP contribution in [0.4, 0.5) is 0 Å². The molecular formula is C24H29ClN2O. The molecule has 4 heteroatoms. The molecule has 0 bridgehead atoms. The molecule has 0 unspecified atom stereocenters. The molecule has 4 rings (SSSR count). The van der Waals surface area contributed by atoms with Crippen LogP contribution in [-0.2, 0) is 24.2 Å². The van der Waals surface area contributed by atoms with Crippen LogP contribution in [0.5, 0.6) is 0 Å². The molecule has 1 amide bonds. The summed E-state index contributed by atoms with van der Waals surface area (Å²) in [5.74, 6) is 0.227. The van der Waals surface area contributed by atoms with Crippen LogP contribution in [0.25, 0.3) is 0 Å². The molecule has 2 aromatic rings. The zero-order valence-electron chi connectivity index (χ0n) is 16.6. The van der Waals surface area contributed by atoms with E-state index in [4.69, 9.17) is 11.6 Å². The Morgan fingerprint density at radius 3 is 2.86 bits per heavy atom. The summed E-state index contributed by atoms with van der Waals surface area (Å²) in [6, 6.07) is 14.7. The minimum atomic E-state index is 0.0492. The van der Waals surface area contributed by atoms with E-state index in [2.05, 4.69) is 41.4 Å². The van der Waals surface area contributed by atoms with Gasteiger partial charge in [-0.1, -0.05) is 48.0 Å². The van der Waals surface area contributed by atoms with Gasteiger partial charge in [0.15, 0.2) is 0 Å². The highest BCUT2D eigenvalue weighted by Crippen LogP contribution is 2.26. The van der Waals surface area contributed by atoms with Crippen LogP contribution in [0.15, 0.2) is 42.5 Å². The van der Waals surface area contributed by atoms with Gasteiger partial charge in [0, 0.05) is 18.1 Å². The van der Waals surface area contributed by atoms with E-state index in [1.54, 1.807) is 0 Å². The predicted octanol–water partition coefficient (Wildman–Crippen LogP) is 4.92. The molecule has 1 aliphatic carbocycles. The number of rotatable bonds is 5. The van der Waals surface area contributed by atoms with Crippen LogP contribution in [-0.4, -0.2) is 23.9 Å². The minimum absolute atomic E-state index is 0.0492. The summed E-state index contributed by atoms with van der Waals surface area (Å²) in [6.45, 7) is 4.73. The van der Waals surface area contributed by atoms with Crippen molar-refractivity contribution in [1.29, 1.82) is 0 Å². The zero-order chi connectivity index (χ0) is 19.5. The van der Waals surface area contributed by atoms with Gasteiger partial charge < -0.3 is 5.32 Å². The number of nitrogens with one attached hydrogen (secondary N) is 1. The molecule has 1 fully saturated rings. The van der Waals surface area contributed by atoms with E-state index in [1.165, 1.54) is 36.0 Å². The van der Waals surface area contributed by atoms with Gasteiger partial charge in [-0.3, -0.25) is 9.69 Å². The zero-order valence-corrected chi connectivity index (χ0v) is 17.3. The number of piperidine rings is 1. The van der Waals surface area contributed by atoms with Crippen LogP contribution in [0, 0.1) is 5.92 Å². The third-order valence-corrected chi connectivity index (χ3v) is 6.58. The van der Waals surface area contributed by atoms with Crippen molar-refractivity contribution in [2.24, 2.45) is 5.92 Å². The van der Waals surface area contributed by atoms with Crippen LogP contribution in [0.2, 0.25) is 5.02 Å². The van der Waals surface area contributed by atoms with E-state index in [9.17, 15) is 4.79 Å². The fourth-order valence-corrected chi connectivity index (χ4v) is 4.75. The summed E-state index contributed by atoms with van der Waals surface area (Å²) in [4.78, 5) is 15.3. The van der Waals surface area contributed by atoms with Gasteiger partial charge in [-0.15, -0.1) is 0 Å². The van der Waals surface area contributed by atoms with Gasteiger partial charge in [0.05, 0.1) is 12.0 Å². The maximum absolute atomic E-state index is 12.9. The van der Waals surface area contributed by atoms with Crippen molar-refractivity contribution in [1.82, 2.24) is 10.2 Å². The number of likely N-dealkylation sites (tertiary alicyclic amines) is 1. The number of carbonyl (C=O) groups excluding carboxylic acids is 1. The number of fused-ring (bicyclic) bond motifs is 1. The smallest absolute Gasteiger partial charge is 0.224 e. The Labute approximate surface area is 173 Å². The molecule has 28 heavy (non-hydrogen) atoms. The second-order valence-corrected chi connectivity index (χ2v) is 8.68. The van der Waals surface area contributed by atoms with E-state index in [0.29, 0.717) is 0 Å². The largest absolute Gasteiger partial charge is 0.349 e. The van der Waals surface area contributed by atoms with E-state index in [0.717, 1.165) is 43.1 Å². The Hall–Kier alpha value is -1.84. The monoisotopic (exact) mass is 396 g/mol. The number of aryl methyl sites for hydroxylation is 2. The summed E-state index contributed by atoms with van der Waals surface area (Å²) >= 11 is 6.31. The molecule has 0 aromatic heterocycles. The summed E-state index contributed by atoms with van der Waals surface area (Å²) in [7, 11) is 0. The Balaban J connectivity index is 1.35. The second-order valence-electron chi connectivity index (χ2n) is 8.28. The molecule has 1 N–H and O–H groups in total. The first-order valence-electron chi connectivity index (χ1n) is 10.5. The van der Waals surface area contributed by atoms with Gasteiger partial charge in [0.1, 0.15) is 0 Å². The van der Waals surface area contributed by atoms with Crippen molar-refractivity contribution < 1.29 is 4.79 Å². The van der Waals surface area contributed by atoms with Gasteiger partial charge in [0.2, 0.25) is 5.91 Å². The maximum Gasteiger partial charge on any atom is 0.224 e. The third-order valence-electron chi connectivity index (χ3n) is 6.21. The van der Waals surface area contributed by atoms with Crippen molar-refractivity contribution in [2.45, 2.75) is 51.6 Å². The topological polar surface area (TPSA) is 32.3 Å². The molecular weight excluding hydrogens is 368 g/mol. The van der Waals surface area contributed by atoms with Gasteiger partial charge in [0.25, 0.3) is 0 Å². The van der Waals surface area contributed by atoms with Crippen molar-refractivity contribution in [3.63, 3.8) is 0 Å². The van der Waals surface area contributed by atoms with E-state index < -0.39 is 0 Å². The number of halogens is 1. The first kappa shape index (κ1) is 19.5. The number of amides is 1. The van der Waals surface area contributed by atoms with Gasteiger partial charge >= 0.3 is 0 Å². The average molecular weight is 397 g/mol. The minimum Gasteiger partial charge on any atom is -0.349 e. The Morgan fingerprint density at radius 1 is 1.18 bits per heavy atom. The third kappa shape index (κ3) is 4.42. The van der Waals surface area contributed by atoms with E-state index in [-0.39, 0.29) is 17.9 Å². The standard InChI is InChI=1S/C24H29ClN2O/c1-17(19-12-11-18-7-4-8-20(18)14-19)26-24(28)22-9-5-13-27(16-22)15-21-6-2-3-10-23(21)25/h2-3,6,10-12,14,17,22H,4-5,7-9,13,15-16H2,1H3,(H,26,28)/t17-,22+/m0/s1. The van der Waals surface area contributed by atoms with Crippen molar-refractivity contribution in [3.05, 3.63) is 69.7 Å². The number of benzene rings is 2. The molecule has 2 atom stereocenters. The summed E-state index contributed by atoms with van der Waals surface area (Å²) in [6.07, 6.45) is 5.63. The fraction of sp³-hybridized carbons (Fsp3) is 0.458. The summed E-state index contributed by atoms with van der Waals surface area (Å²) in [5, 5.41) is 4.07. The quantitative estimate of drug-likeness (QED) is 0.778. The lowest BCUT2D eigenvalue weighted by atomic mass is 9.95. The van der Waals surface area contributed by atoms with Gasteiger partial charge in [-0.25, -0.2) is 0 Å². The Morgan fingerprint density at radius 2 is 2.00 bits per heavy atom. The molecule has 148 valence electrons. The number of hydrogen-bond donors (Lipinski definition) is 1. The summed E-state index contributed by atoms with van der Waals surface area (Å²) in [5.41, 5.74) is 5.29. The van der Waals surface area contributed by atoms with Crippen molar-refractivity contribution in [2.75, 3.05) is 13.1 Å². The average Bonchev–Trinajstić information content (AvgIpc) is 3.18. The Kier molecular flexibility index (Phi) is 6.03. The second kappa shape index (κ2) is 8.67. The maximum atomic E-state index is 12.9. The molecule has 1 saturated heterocycles. The highest BCUT2D eigenvalue weighted by molar-refractivity contribution is 6.31. The van der Waals surface area contributed by atoms with Crippen LogP contribution in [0.1, 0.15) is 54.5 Å². The lowest BCUT2D eigenvalue weighted by Crippen LogP contribution is -2.43. The molecule has 0 saturated carbocycles. The lowest BCUT2D eigenvalue weighted by molar-refractivity contribution is -0.127. The van der Waals surface area contributed by atoms with Crippen LogP contribution >= 0.6 is 11.6 Å². The molecule has 2 aliphatic rings. The van der Waals surface area contributed by atoms with Crippen molar-refractivity contribution in [3.8, 4) is 0 Å². The SMILES string of the molecule is C[C@H](NC(=O)[C@@H]1CCCN(Cc2ccccc2Cl)C1)c1ccc2c(c1)CCC2. The molecule has 3 nitrogen and oxygen atoms in total. The van der Waals surface area contributed by atoms with Crippen LogP contribution in [0.3, 0.4) is 0 Å². The fourth-order valence-electron chi connectivity index (χ4n) is 4.56. The van der Waals surface area contributed by atoms with Gasteiger partial charge in [-0.2, -0.15) is 0 Å². The molecule has 0 radical (unpaired) electrons. The highest BCUT2D eigenvalue weighted by Gasteiger charge is 2.27. The first-order valence-corrected chi connectivity index (χ1v) is 10.9. The molecule has 2 aromatic carbocycles. The Bertz CT molecular complexity index is 850. The predicted molar refractivity (Wildman–Crippen MR) is 114 cm³/mol. The highest BCUT2D eigenvalue weighted by atomic mass is 35.5. The van der Waals surface area contributed by atoms with E-state index >= 15 is 0 Å². The molecule has 1 heterocycles. The van der Waals surface area contributed by atoms with Crippen molar-refractivity contribution >= 4 is 17.5 Å². The summed E-state index contributed by atoms with van der Waals surface area (Å²) < 4.78 is 0. The first-order chi connectivity index (χ1) is 13.6. The normalized spacial score (nSPS) is 20.6.